The van der Waals surface area contributed by atoms with E-state index in [0.29, 0.717) is 13.0 Å². The summed E-state index contributed by atoms with van der Waals surface area (Å²) in [6.07, 6.45) is 4.86. The van der Waals surface area contributed by atoms with Crippen molar-refractivity contribution in [1.29, 1.82) is 0 Å². The van der Waals surface area contributed by atoms with Crippen LogP contribution >= 0.6 is 24.0 Å². The van der Waals surface area contributed by atoms with E-state index in [9.17, 15) is 4.79 Å². The monoisotopic (exact) mass is 528 g/mol. The first-order valence-corrected chi connectivity index (χ1v) is 11.1. The lowest BCUT2D eigenvalue weighted by atomic mass is 9.96. The average Bonchev–Trinajstić information content (AvgIpc) is 3.19. The van der Waals surface area contributed by atoms with Gasteiger partial charge in [0.1, 0.15) is 0 Å². The van der Waals surface area contributed by atoms with E-state index in [4.69, 9.17) is 9.73 Å². The van der Waals surface area contributed by atoms with E-state index in [1.165, 1.54) is 30.4 Å². The van der Waals surface area contributed by atoms with Crippen molar-refractivity contribution in [1.82, 2.24) is 15.1 Å². The van der Waals surface area contributed by atoms with Crippen molar-refractivity contribution in [2.75, 3.05) is 39.9 Å². The topological polar surface area (TPSA) is 57.2 Å². The molecule has 1 fully saturated rings. The second-order valence-electron chi connectivity index (χ2n) is 8.12. The summed E-state index contributed by atoms with van der Waals surface area (Å²) in [6, 6.07) is 8.32. The molecule has 1 saturated heterocycles. The zero-order valence-electron chi connectivity index (χ0n) is 18.4. The number of hydrogen-bond donors (Lipinski definition) is 1. The molecule has 2 aliphatic rings. The number of benzene rings is 1. The average molecular weight is 528 g/mol. The van der Waals surface area contributed by atoms with Crippen molar-refractivity contribution < 1.29 is 9.53 Å². The third kappa shape index (κ3) is 7.41. The van der Waals surface area contributed by atoms with Crippen LogP contribution in [0.25, 0.3) is 0 Å². The van der Waals surface area contributed by atoms with E-state index in [-0.39, 0.29) is 29.9 Å². The fourth-order valence-corrected chi connectivity index (χ4v) is 4.07. The van der Waals surface area contributed by atoms with Gasteiger partial charge >= 0.3 is 0 Å². The van der Waals surface area contributed by atoms with Gasteiger partial charge in [-0.2, -0.15) is 0 Å². The van der Waals surface area contributed by atoms with Gasteiger partial charge in [0, 0.05) is 59.4 Å². The predicted octanol–water partition coefficient (Wildman–Crippen LogP) is 3.64. The van der Waals surface area contributed by atoms with Gasteiger partial charge in [0.25, 0.3) is 0 Å². The van der Waals surface area contributed by atoms with Crippen LogP contribution in [0.3, 0.4) is 0 Å². The maximum absolute atomic E-state index is 12.5. The largest absolute Gasteiger partial charge is 0.381 e. The minimum absolute atomic E-state index is 0. The fourth-order valence-electron chi connectivity index (χ4n) is 4.07. The van der Waals surface area contributed by atoms with Crippen molar-refractivity contribution in [2.45, 2.75) is 52.1 Å². The maximum Gasteiger partial charge on any atom is 0.223 e. The fraction of sp³-hybridized carbons (Fsp3) is 0.652. The molecule has 6 nitrogen and oxygen atoms in total. The molecule has 3 rings (SSSR count). The van der Waals surface area contributed by atoms with E-state index >= 15 is 0 Å². The van der Waals surface area contributed by atoms with Crippen molar-refractivity contribution in [2.24, 2.45) is 10.9 Å². The Kier molecular flexibility index (Phi) is 10.9. The lowest BCUT2D eigenvalue weighted by molar-refractivity contribution is -0.131. The Labute approximate surface area is 198 Å². The van der Waals surface area contributed by atoms with Gasteiger partial charge in [-0.3, -0.25) is 9.79 Å². The zero-order valence-corrected chi connectivity index (χ0v) is 20.8. The Bertz CT molecular complexity index is 667. The Balaban J connectivity index is 0.00000320. The molecule has 30 heavy (non-hydrogen) atoms. The van der Waals surface area contributed by atoms with Crippen molar-refractivity contribution in [3.8, 4) is 0 Å². The first kappa shape index (κ1) is 24.9. The summed E-state index contributed by atoms with van der Waals surface area (Å²) < 4.78 is 5.45. The van der Waals surface area contributed by atoms with Gasteiger partial charge in [-0.25, -0.2) is 0 Å². The lowest BCUT2D eigenvalue weighted by Gasteiger charge is -2.26. The molecule has 168 valence electrons. The number of fused-ring (bicyclic) bond motifs is 1. The summed E-state index contributed by atoms with van der Waals surface area (Å²) in [7, 11) is 2.10. The summed E-state index contributed by atoms with van der Waals surface area (Å²) in [4.78, 5) is 21.5. The number of ether oxygens (including phenoxy) is 1. The van der Waals surface area contributed by atoms with Gasteiger partial charge in [0.15, 0.2) is 5.96 Å². The first-order valence-electron chi connectivity index (χ1n) is 11.1. The number of nitrogens with one attached hydrogen (secondary N) is 1. The smallest absolute Gasteiger partial charge is 0.223 e. The van der Waals surface area contributed by atoms with E-state index in [1.54, 1.807) is 0 Å². The predicted molar refractivity (Wildman–Crippen MR) is 132 cm³/mol. The standard InChI is InChI=1S/C23H36N4O2.HI/c1-3-24-23(26(2)14-10-19-11-15-29-16-12-19)25-13-6-9-22(28)27-17-20-7-4-5-8-21(20)18-27;/h4-5,7-8,19H,3,6,9-18H2,1-2H3,(H,24,25);1H. The van der Waals surface area contributed by atoms with E-state index < -0.39 is 0 Å². The van der Waals surface area contributed by atoms with E-state index in [0.717, 1.165) is 57.7 Å². The van der Waals surface area contributed by atoms with Gasteiger partial charge in [-0.15, -0.1) is 24.0 Å². The molecule has 0 aliphatic carbocycles. The Morgan fingerprint density at radius 3 is 2.53 bits per heavy atom. The third-order valence-electron chi connectivity index (χ3n) is 5.91. The van der Waals surface area contributed by atoms with Crippen LogP contribution in [0.5, 0.6) is 0 Å². The van der Waals surface area contributed by atoms with Crippen LogP contribution < -0.4 is 5.32 Å². The molecular weight excluding hydrogens is 491 g/mol. The van der Waals surface area contributed by atoms with Crippen molar-refractivity contribution in [3.05, 3.63) is 35.4 Å². The highest BCUT2D eigenvalue weighted by Crippen LogP contribution is 2.23. The molecule has 0 radical (unpaired) electrons. The molecule has 7 heteroatoms. The summed E-state index contributed by atoms with van der Waals surface area (Å²) in [6.45, 7) is 7.92. The molecule has 0 aromatic heterocycles. The van der Waals surface area contributed by atoms with Crippen LogP contribution in [-0.2, 0) is 22.6 Å². The molecule has 0 bridgehead atoms. The molecule has 2 heterocycles. The normalized spacial score (nSPS) is 16.7. The second-order valence-corrected chi connectivity index (χ2v) is 8.12. The minimum Gasteiger partial charge on any atom is -0.381 e. The molecule has 1 aromatic rings. The first-order chi connectivity index (χ1) is 14.2. The summed E-state index contributed by atoms with van der Waals surface area (Å²) in [5, 5.41) is 3.38. The number of nitrogens with zero attached hydrogens (tertiary/aromatic N) is 3. The third-order valence-corrected chi connectivity index (χ3v) is 5.91. The van der Waals surface area contributed by atoms with Crippen LogP contribution in [0.2, 0.25) is 0 Å². The van der Waals surface area contributed by atoms with E-state index in [2.05, 4.69) is 36.3 Å². The quantitative estimate of drug-likeness (QED) is 0.242. The number of halogens is 1. The summed E-state index contributed by atoms with van der Waals surface area (Å²) in [5.74, 6) is 1.94. The number of hydrogen-bond acceptors (Lipinski definition) is 3. The highest BCUT2D eigenvalue weighted by atomic mass is 127. The molecule has 1 N–H and O–H groups in total. The van der Waals surface area contributed by atoms with Gasteiger partial charge in [-0.1, -0.05) is 24.3 Å². The highest BCUT2D eigenvalue weighted by molar-refractivity contribution is 14.0. The second kappa shape index (κ2) is 13.1. The van der Waals surface area contributed by atoms with Gasteiger partial charge in [-0.05, 0) is 49.7 Å². The number of guanidine groups is 1. The maximum atomic E-state index is 12.5. The lowest BCUT2D eigenvalue weighted by Crippen LogP contribution is -2.40. The number of aliphatic imine (C=N–C) groups is 1. The molecule has 2 aliphatic heterocycles. The van der Waals surface area contributed by atoms with Crippen molar-refractivity contribution >= 4 is 35.8 Å². The minimum atomic E-state index is 0. The van der Waals surface area contributed by atoms with Crippen LogP contribution in [-0.4, -0.2) is 61.6 Å². The number of carbonyl (C=O) groups is 1. The Hall–Kier alpha value is -1.35. The van der Waals surface area contributed by atoms with Crippen LogP contribution in [0.15, 0.2) is 29.3 Å². The van der Waals surface area contributed by atoms with Crippen LogP contribution in [0.1, 0.15) is 50.2 Å². The Morgan fingerprint density at radius 1 is 1.23 bits per heavy atom. The molecular formula is C23H37IN4O2. The van der Waals surface area contributed by atoms with Crippen LogP contribution in [0, 0.1) is 5.92 Å². The number of amides is 1. The van der Waals surface area contributed by atoms with Gasteiger partial charge < -0.3 is 19.9 Å². The van der Waals surface area contributed by atoms with Gasteiger partial charge in [0.2, 0.25) is 5.91 Å². The molecule has 0 unspecified atom stereocenters. The number of carbonyl (C=O) groups excluding carboxylic acids is 1. The molecule has 1 aromatic carbocycles. The number of rotatable bonds is 8. The van der Waals surface area contributed by atoms with E-state index in [1.807, 2.05) is 17.0 Å². The Morgan fingerprint density at radius 2 is 1.90 bits per heavy atom. The summed E-state index contributed by atoms with van der Waals surface area (Å²) >= 11 is 0. The van der Waals surface area contributed by atoms with Crippen LogP contribution in [0.4, 0.5) is 0 Å². The highest BCUT2D eigenvalue weighted by Gasteiger charge is 2.22. The van der Waals surface area contributed by atoms with Crippen molar-refractivity contribution in [3.63, 3.8) is 0 Å². The zero-order chi connectivity index (χ0) is 20.5. The van der Waals surface area contributed by atoms with Gasteiger partial charge in [0.05, 0.1) is 0 Å². The SMILES string of the molecule is CCNC(=NCCCC(=O)N1Cc2ccccc2C1)N(C)CCC1CCOCC1.I. The molecule has 1 amide bonds. The molecule has 0 saturated carbocycles. The molecule has 0 spiro atoms. The summed E-state index contributed by atoms with van der Waals surface area (Å²) in [5.41, 5.74) is 2.55. The molecule has 0 atom stereocenters.